The van der Waals surface area contributed by atoms with E-state index in [9.17, 15) is 8.42 Å². The average Bonchev–Trinajstić information content (AvgIpc) is 3.11. The second-order valence-electron chi connectivity index (χ2n) is 5.68. The zero-order valence-corrected chi connectivity index (χ0v) is 16.7. The first-order valence-electron chi connectivity index (χ1n) is 7.75. The summed E-state index contributed by atoms with van der Waals surface area (Å²) in [5.74, 6) is 1.88. The van der Waals surface area contributed by atoms with Crippen molar-refractivity contribution in [3.05, 3.63) is 47.2 Å². The zero-order valence-electron chi connectivity index (χ0n) is 13.5. The van der Waals surface area contributed by atoms with Crippen LogP contribution < -0.4 is 4.74 Å². The maximum absolute atomic E-state index is 11.6. The molecule has 2 aromatic rings. The van der Waals surface area contributed by atoms with Crippen molar-refractivity contribution < 1.29 is 13.2 Å². The number of sulfone groups is 1. The molecule has 1 aromatic heterocycles. The highest BCUT2D eigenvalue weighted by Gasteiger charge is 2.30. The molecular weight excluding hydrogens is 426 g/mol. The van der Waals surface area contributed by atoms with Crippen LogP contribution in [0.2, 0.25) is 0 Å². The van der Waals surface area contributed by atoms with Gasteiger partial charge in [0.15, 0.2) is 20.8 Å². The fourth-order valence-corrected chi connectivity index (χ4v) is 6.29. The first kappa shape index (κ1) is 18.5. The summed E-state index contributed by atoms with van der Waals surface area (Å²) in [6, 6.07) is 7.56. The van der Waals surface area contributed by atoms with Crippen LogP contribution in [0.1, 0.15) is 12.2 Å². The van der Waals surface area contributed by atoms with Crippen molar-refractivity contribution in [2.24, 2.45) is 0 Å². The zero-order chi connectivity index (χ0) is 17.9. The lowest BCUT2D eigenvalue weighted by Gasteiger charge is -2.11. The van der Waals surface area contributed by atoms with Crippen LogP contribution in [0.4, 0.5) is 0 Å². The number of halogens is 1. The molecule has 1 unspecified atom stereocenters. The Hall–Kier alpha value is -1.32. The van der Waals surface area contributed by atoms with Crippen LogP contribution >= 0.6 is 27.7 Å². The number of allylic oxidation sites excluding steroid dienone is 1. The van der Waals surface area contributed by atoms with Gasteiger partial charge in [-0.3, -0.25) is 4.57 Å². The standard InChI is InChI=1S/C16H18BrN3O3S2/c1-2-8-20-15(10-23-13-5-3-12(17)4-6-13)18-19-16(20)24-14-7-9-25(21,22)11-14/h2-6,14H,1,7-11H2. The van der Waals surface area contributed by atoms with Crippen LogP contribution in [0.15, 0.2) is 46.5 Å². The van der Waals surface area contributed by atoms with Crippen molar-refractivity contribution >= 4 is 37.5 Å². The molecule has 0 aliphatic carbocycles. The highest BCUT2D eigenvalue weighted by molar-refractivity contribution is 9.10. The number of aromatic nitrogens is 3. The van der Waals surface area contributed by atoms with Crippen LogP contribution in [0.3, 0.4) is 0 Å². The smallest absolute Gasteiger partial charge is 0.191 e. The second-order valence-corrected chi connectivity index (χ2v) is 10.1. The molecule has 0 saturated carbocycles. The van der Waals surface area contributed by atoms with Gasteiger partial charge in [0.1, 0.15) is 12.4 Å². The van der Waals surface area contributed by atoms with Gasteiger partial charge < -0.3 is 4.74 Å². The highest BCUT2D eigenvalue weighted by Crippen LogP contribution is 2.30. The topological polar surface area (TPSA) is 74.1 Å². The monoisotopic (exact) mass is 443 g/mol. The summed E-state index contributed by atoms with van der Waals surface area (Å²) < 4.78 is 31.9. The molecule has 0 radical (unpaired) electrons. The summed E-state index contributed by atoms with van der Waals surface area (Å²) in [4.78, 5) is 0. The Morgan fingerprint density at radius 1 is 1.36 bits per heavy atom. The molecule has 0 amide bonds. The first-order valence-corrected chi connectivity index (χ1v) is 11.2. The minimum absolute atomic E-state index is 0.0259. The predicted molar refractivity (Wildman–Crippen MR) is 102 cm³/mol. The normalized spacial score (nSPS) is 19.0. The van der Waals surface area contributed by atoms with Gasteiger partial charge in [-0.15, -0.1) is 16.8 Å². The minimum Gasteiger partial charge on any atom is -0.486 e. The molecule has 25 heavy (non-hydrogen) atoms. The molecule has 0 bridgehead atoms. The molecule has 1 aliphatic rings. The maximum atomic E-state index is 11.6. The van der Waals surface area contributed by atoms with E-state index in [1.165, 1.54) is 11.8 Å². The molecule has 0 N–H and O–H groups in total. The second kappa shape index (κ2) is 7.92. The third kappa shape index (κ3) is 4.86. The number of rotatable bonds is 7. The third-order valence-corrected chi connectivity index (χ3v) is 7.51. The SMILES string of the molecule is C=CCn1c(COc2ccc(Br)cc2)nnc1SC1CCS(=O)(=O)C1. The summed E-state index contributed by atoms with van der Waals surface area (Å²) in [6.07, 6.45) is 2.42. The van der Waals surface area contributed by atoms with Gasteiger partial charge in [0, 0.05) is 16.3 Å². The van der Waals surface area contributed by atoms with E-state index in [1.54, 1.807) is 6.08 Å². The largest absolute Gasteiger partial charge is 0.486 e. The molecule has 1 fully saturated rings. The molecular formula is C16H18BrN3O3S2. The van der Waals surface area contributed by atoms with Crippen molar-refractivity contribution in [1.82, 2.24) is 14.8 Å². The maximum Gasteiger partial charge on any atom is 0.191 e. The lowest BCUT2D eigenvalue weighted by atomic mass is 10.3. The van der Waals surface area contributed by atoms with Crippen molar-refractivity contribution in [2.75, 3.05) is 11.5 Å². The minimum atomic E-state index is -2.91. The Balaban J connectivity index is 1.70. The van der Waals surface area contributed by atoms with E-state index in [4.69, 9.17) is 4.74 Å². The number of ether oxygens (including phenoxy) is 1. The molecule has 0 spiro atoms. The lowest BCUT2D eigenvalue weighted by Crippen LogP contribution is -2.10. The average molecular weight is 444 g/mol. The Bertz CT molecular complexity index is 850. The molecule has 134 valence electrons. The van der Waals surface area contributed by atoms with Gasteiger partial charge in [0.05, 0.1) is 11.5 Å². The van der Waals surface area contributed by atoms with E-state index >= 15 is 0 Å². The van der Waals surface area contributed by atoms with Gasteiger partial charge >= 0.3 is 0 Å². The van der Waals surface area contributed by atoms with Crippen molar-refractivity contribution in [3.8, 4) is 5.75 Å². The first-order chi connectivity index (χ1) is 12.0. The van der Waals surface area contributed by atoms with Crippen LogP contribution in [-0.4, -0.2) is 39.9 Å². The van der Waals surface area contributed by atoms with Gasteiger partial charge in [-0.25, -0.2) is 8.42 Å². The Labute approximate surface area is 159 Å². The fraction of sp³-hybridized carbons (Fsp3) is 0.375. The molecule has 1 atom stereocenters. The van der Waals surface area contributed by atoms with Gasteiger partial charge in [-0.2, -0.15) is 0 Å². The number of thioether (sulfide) groups is 1. The third-order valence-electron chi connectivity index (χ3n) is 3.75. The van der Waals surface area contributed by atoms with E-state index in [-0.39, 0.29) is 23.4 Å². The van der Waals surface area contributed by atoms with Gasteiger partial charge in [0.2, 0.25) is 0 Å². The van der Waals surface area contributed by atoms with E-state index < -0.39 is 9.84 Å². The Kier molecular flexibility index (Phi) is 5.85. The van der Waals surface area contributed by atoms with Crippen LogP contribution in [0, 0.1) is 0 Å². The summed E-state index contributed by atoms with van der Waals surface area (Å²) in [6.45, 7) is 4.61. The molecule has 9 heteroatoms. The Morgan fingerprint density at radius 2 is 2.12 bits per heavy atom. The van der Waals surface area contributed by atoms with Crippen LogP contribution in [-0.2, 0) is 23.0 Å². The Morgan fingerprint density at radius 3 is 2.76 bits per heavy atom. The van der Waals surface area contributed by atoms with E-state index in [1.807, 2.05) is 28.8 Å². The van der Waals surface area contributed by atoms with Crippen molar-refractivity contribution in [3.63, 3.8) is 0 Å². The molecule has 6 nitrogen and oxygen atoms in total. The van der Waals surface area contributed by atoms with Crippen LogP contribution in [0.25, 0.3) is 0 Å². The van der Waals surface area contributed by atoms with Crippen molar-refractivity contribution in [1.29, 1.82) is 0 Å². The number of benzene rings is 1. The van der Waals surface area contributed by atoms with Gasteiger partial charge in [0.25, 0.3) is 0 Å². The summed E-state index contributed by atoms with van der Waals surface area (Å²) in [5.41, 5.74) is 0. The number of nitrogens with zero attached hydrogens (tertiary/aromatic N) is 3. The quantitative estimate of drug-likeness (QED) is 0.612. The molecule has 1 saturated heterocycles. The summed E-state index contributed by atoms with van der Waals surface area (Å²) >= 11 is 4.85. The molecule has 2 heterocycles. The molecule has 1 aromatic carbocycles. The molecule has 3 rings (SSSR count). The van der Waals surface area contributed by atoms with E-state index in [2.05, 4.69) is 32.7 Å². The fourth-order valence-electron chi connectivity index (χ4n) is 2.51. The number of hydrogen-bond donors (Lipinski definition) is 0. The van der Waals surface area contributed by atoms with E-state index in [0.29, 0.717) is 23.9 Å². The van der Waals surface area contributed by atoms with Gasteiger partial charge in [-0.05, 0) is 30.7 Å². The highest BCUT2D eigenvalue weighted by atomic mass is 79.9. The van der Waals surface area contributed by atoms with Crippen LogP contribution in [0.5, 0.6) is 5.75 Å². The number of hydrogen-bond acceptors (Lipinski definition) is 6. The predicted octanol–water partition coefficient (Wildman–Crippen LogP) is 3.08. The summed E-state index contributed by atoms with van der Waals surface area (Å²) in [7, 11) is -2.91. The van der Waals surface area contributed by atoms with Gasteiger partial charge in [-0.1, -0.05) is 33.8 Å². The van der Waals surface area contributed by atoms with Crippen molar-refractivity contribution in [2.45, 2.75) is 30.0 Å². The summed E-state index contributed by atoms with van der Waals surface area (Å²) in [5, 5.41) is 9.16. The molecule has 1 aliphatic heterocycles. The van der Waals surface area contributed by atoms with E-state index in [0.717, 1.165) is 10.2 Å². The lowest BCUT2D eigenvalue weighted by molar-refractivity contribution is 0.289.